The van der Waals surface area contributed by atoms with Gasteiger partial charge in [0.2, 0.25) is 5.91 Å². The lowest BCUT2D eigenvalue weighted by Crippen LogP contribution is -2.46. The number of aliphatic hydroxyl groups is 2. The van der Waals surface area contributed by atoms with Crippen molar-refractivity contribution < 1.29 is 24.5 Å². The molecule has 3 unspecified atom stereocenters. The molecule has 0 saturated carbocycles. The zero-order valence-corrected chi connectivity index (χ0v) is 42.5. The molecule has 0 aromatic heterocycles. The van der Waals surface area contributed by atoms with Crippen LogP contribution in [0, 0.1) is 0 Å². The molecule has 0 rings (SSSR count). The molecular formula is C57H109NO5. The number of hydrogen-bond acceptors (Lipinski definition) is 5. The van der Waals surface area contributed by atoms with Gasteiger partial charge in [-0.1, -0.05) is 263 Å². The number of allylic oxidation sites excluding steroid dienone is 4. The van der Waals surface area contributed by atoms with Crippen LogP contribution in [0.25, 0.3) is 0 Å². The Morgan fingerprint density at radius 3 is 1.17 bits per heavy atom. The lowest BCUT2D eigenvalue weighted by molar-refractivity contribution is -0.151. The van der Waals surface area contributed by atoms with E-state index in [1.807, 2.05) is 0 Å². The van der Waals surface area contributed by atoms with Crippen molar-refractivity contribution in [3.05, 3.63) is 24.3 Å². The molecule has 0 aromatic rings. The number of rotatable bonds is 51. The number of ether oxygens (including phenoxy) is 1. The molecule has 63 heavy (non-hydrogen) atoms. The van der Waals surface area contributed by atoms with Crippen LogP contribution in [0.15, 0.2) is 24.3 Å². The standard InChI is InChI=1S/C57H109NO5/c1-4-7-10-13-16-19-22-24-26-28-29-31-33-35-38-41-44-47-50-57(62)63-53(48-45-42-39-36-21-18-15-12-9-6-3)51-56(61)58-54(52-59)55(60)49-46-43-40-37-34-32-30-27-25-23-20-17-14-11-8-5-2/h26,28-29,31,53-55,59-60H,4-25,27,30,32-52H2,1-3H3,(H,58,61)/b28-26+,31-29+. The van der Waals surface area contributed by atoms with Crippen LogP contribution in [0.3, 0.4) is 0 Å². The highest BCUT2D eigenvalue weighted by molar-refractivity contribution is 5.77. The number of carbonyl (C=O) groups is 2. The van der Waals surface area contributed by atoms with Crippen molar-refractivity contribution in [2.75, 3.05) is 6.61 Å². The van der Waals surface area contributed by atoms with E-state index in [1.54, 1.807) is 0 Å². The first-order valence-corrected chi connectivity index (χ1v) is 28.1. The minimum absolute atomic E-state index is 0.0767. The molecule has 0 aliphatic rings. The van der Waals surface area contributed by atoms with Crippen LogP contribution in [0.4, 0.5) is 0 Å². The van der Waals surface area contributed by atoms with Gasteiger partial charge in [-0.25, -0.2) is 0 Å². The molecule has 0 heterocycles. The lowest BCUT2D eigenvalue weighted by atomic mass is 10.0. The topological polar surface area (TPSA) is 95.9 Å². The summed E-state index contributed by atoms with van der Waals surface area (Å²) < 4.78 is 5.94. The van der Waals surface area contributed by atoms with Crippen molar-refractivity contribution in [3.8, 4) is 0 Å². The second-order valence-electron chi connectivity index (χ2n) is 19.4. The molecular weight excluding hydrogens is 779 g/mol. The summed E-state index contributed by atoms with van der Waals surface area (Å²) in [6.45, 7) is 6.50. The van der Waals surface area contributed by atoms with Crippen LogP contribution in [0.2, 0.25) is 0 Å². The minimum atomic E-state index is -0.786. The molecule has 3 atom stereocenters. The highest BCUT2D eigenvalue weighted by atomic mass is 16.5. The molecule has 0 aliphatic carbocycles. The maximum atomic E-state index is 13.2. The van der Waals surface area contributed by atoms with Gasteiger partial charge in [-0.15, -0.1) is 0 Å². The number of aliphatic hydroxyl groups excluding tert-OH is 2. The van der Waals surface area contributed by atoms with Gasteiger partial charge in [0.1, 0.15) is 6.10 Å². The highest BCUT2D eigenvalue weighted by Crippen LogP contribution is 2.18. The third kappa shape index (κ3) is 46.7. The van der Waals surface area contributed by atoms with E-state index in [-0.39, 0.29) is 24.9 Å². The predicted molar refractivity (Wildman–Crippen MR) is 273 cm³/mol. The van der Waals surface area contributed by atoms with Crippen LogP contribution in [0.1, 0.15) is 303 Å². The molecule has 0 aromatic carbocycles. The summed E-state index contributed by atoms with van der Waals surface area (Å²) >= 11 is 0. The van der Waals surface area contributed by atoms with Gasteiger partial charge in [0.15, 0.2) is 0 Å². The molecule has 6 nitrogen and oxygen atoms in total. The number of esters is 1. The molecule has 0 bridgehead atoms. The van der Waals surface area contributed by atoms with Crippen molar-refractivity contribution in [3.63, 3.8) is 0 Å². The molecule has 1 amide bonds. The Balaban J connectivity index is 4.44. The van der Waals surface area contributed by atoms with E-state index in [2.05, 4.69) is 50.4 Å². The Morgan fingerprint density at radius 1 is 0.460 bits per heavy atom. The Morgan fingerprint density at radius 2 is 0.794 bits per heavy atom. The zero-order valence-electron chi connectivity index (χ0n) is 42.5. The fraction of sp³-hybridized carbons (Fsp3) is 0.895. The smallest absolute Gasteiger partial charge is 0.306 e. The van der Waals surface area contributed by atoms with Crippen LogP contribution < -0.4 is 5.32 Å². The van der Waals surface area contributed by atoms with Crippen molar-refractivity contribution in [2.45, 2.75) is 322 Å². The van der Waals surface area contributed by atoms with E-state index >= 15 is 0 Å². The first kappa shape index (κ1) is 61.3. The summed E-state index contributed by atoms with van der Waals surface area (Å²) in [6, 6.07) is -0.700. The maximum absolute atomic E-state index is 13.2. The van der Waals surface area contributed by atoms with Crippen molar-refractivity contribution in [1.82, 2.24) is 5.32 Å². The number of unbranched alkanes of at least 4 members (excludes halogenated alkanes) is 36. The fourth-order valence-electron chi connectivity index (χ4n) is 8.78. The summed E-state index contributed by atoms with van der Waals surface area (Å²) in [6.07, 6.45) is 59.6. The van der Waals surface area contributed by atoms with E-state index in [0.29, 0.717) is 19.3 Å². The average Bonchev–Trinajstić information content (AvgIpc) is 3.28. The third-order valence-electron chi connectivity index (χ3n) is 13.1. The summed E-state index contributed by atoms with van der Waals surface area (Å²) in [5, 5.41) is 23.8. The van der Waals surface area contributed by atoms with Gasteiger partial charge in [-0.2, -0.15) is 0 Å². The average molecular weight is 889 g/mol. The van der Waals surface area contributed by atoms with Gasteiger partial charge in [0.25, 0.3) is 0 Å². The van der Waals surface area contributed by atoms with Crippen LogP contribution in [-0.2, 0) is 14.3 Å². The number of carbonyl (C=O) groups excluding carboxylic acids is 2. The summed E-state index contributed by atoms with van der Waals surface area (Å²) in [7, 11) is 0. The van der Waals surface area contributed by atoms with Gasteiger partial charge in [0, 0.05) is 6.42 Å². The van der Waals surface area contributed by atoms with Crippen LogP contribution >= 0.6 is 0 Å². The molecule has 372 valence electrons. The Kier molecular flexibility index (Phi) is 50.0. The van der Waals surface area contributed by atoms with E-state index in [1.165, 1.54) is 205 Å². The molecule has 3 N–H and O–H groups in total. The SMILES string of the molecule is CCCCCCCCC/C=C/C=C/CCCCCCCC(=O)OC(CCCCCCCCCCCC)CC(=O)NC(CO)C(O)CCCCCCCCCCCCCCCCCC. The second kappa shape index (κ2) is 51.3. The monoisotopic (exact) mass is 888 g/mol. The van der Waals surface area contributed by atoms with Gasteiger partial charge in [0.05, 0.1) is 25.2 Å². The molecule has 0 spiro atoms. The molecule has 0 aliphatic heterocycles. The third-order valence-corrected chi connectivity index (χ3v) is 13.1. The van der Waals surface area contributed by atoms with Gasteiger partial charge >= 0.3 is 5.97 Å². The zero-order chi connectivity index (χ0) is 45.9. The number of nitrogens with one attached hydrogen (secondary N) is 1. The minimum Gasteiger partial charge on any atom is -0.462 e. The summed E-state index contributed by atoms with van der Waals surface area (Å²) in [5.74, 6) is -0.476. The summed E-state index contributed by atoms with van der Waals surface area (Å²) in [4.78, 5) is 26.2. The first-order valence-electron chi connectivity index (χ1n) is 28.1. The largest absolute Gasteiger partial charge is 0.462 e. The molecule has 0 saturated heterocycles. The van der Waals surface area contributed by atoms with Gasteiger partial charge in [-0.05, 0) is 51.4 Å². The fourth-order valence-corrected chi connectivity index (χ4v) is 8.78. The van der Waals surface area contributed by atoms with E-state index in [0.717, 1.165) is 51.4 Å². The summed E-state index contributed by atoms with van der Waals surface area (Å²) in [5.41, 5.74) is 0. The Hall–Kier alpha value is -1.66. The number of hydrogen-bond donors (Lipinski definition) is 3. The van der Waals surface area contributed by atoms with Crippen molar-refractivity contribution >= 4 is 11.9 Å². The van der Waals surface area contributed by atoms with Gasteiger partial charge in [-0.3, -0.25) is 9.59 Å². The number of amides is 1. The van der Waals surface area contributed by atoms with Crippen LogP contribution in [-0.4, -0.2) is 46.9 Å². The first-order chi connectivity index (χ1) is 31.0. The van der Waals surface area contributed by atoms with E-state index in [9.17, 15) is 19.8 Å². The van der Waals surface area contributed by atoms with E-state index < -0.39 is 18.2 Å². The molecule has 0 radical (unpaired) electrons. The quantitative estimate of drug-likeness (QED) is 0.0321. The second-order valence-corrected chi connectivity index (χ2v) is 19.4. The maximum Gasteiger partial charge on any atom is 0.306 e. The molecule has 6 heteroatoms. The highest BCUT2D eigenvalue weighted by Gasteiger charge is 2.24. The van der Waals surface area contributed by atoms with Crippen molar-refractivity contribution in [2.24, 2.45) is 0 Å². The Bertz CT molecular complexity index is 997. The van der Waals surface area contributed by atoms with Crippen molar-refractivity contribution in [1.29, 1.82) is 0 Å². The lowest BCUT2D eigenvalue weighted by Gasteiger charge is -2.24. The van der Waals surface area contributed by atoms with Gasteiger partial charge < -0.3 is 20.3 Å². The Labute approximate surface area is 392 Å². The normalized spacial score (nSPS) is 13.3. The predicted octanol–water partition coefficient (Wildman–Crippen LogP) is 17.1. The van der Waals surface area contributed by atoms with E-state index in [4.69, 9.17) is 4.74 Å². The van der Waals surface area contributed by atoms with Crippen LogP contribution in [0.5, 0.6) is 0 Å². The molecule has 0 fully saturated rings.